The van der Waals surface area contributed by atoms with Crippen LogP contribution in [0.25, 0.3) is 0 Å². The zero-order valence-corrected chi connectivity index (χ0v) is 18.9. The molecule has 2 aromatic rings. The van der Waals surface area contributed by atoms with Crippen molar-refractivity contribution in [3.63, 3.8) is 0 Å². The van der Waals surface area contributed by atoms with Gasteiger partial charge in [-0.1, -0.05) is 12.2 Å². The maximum Gasteiger partial charge on any atom is 0.229 e. The molecule has 0 radical (unpaired) electrons. The number of allylic oxidation sites excluding steroid dienone is 1. The van der Waals surface area contributed by atoms with Crippen LogP contribution in [-0.2, 0) is 4.79 Å². The van der Waals surface area contributed by atoms with Crippen molar-refractivity contribution in [2.45, 2.75) is 12.5 Å². The van der Waals surface area contributed by atoms with Gasteiger partial charge in [-0.2, -0.15) is 10.2 Å². The van der Waals surface area contributed by atoms with Crippen LogP contribution in [0.1, 0.15) is 12.0 Å². The predicted octanol–water partition coefficient (Wildman–Crippen LogP) is 2.07. The Labute approximate surface area is 197 Å². The molecule has 5 rings (SSSR count). The minimum atomic E-state index is -0.608. The van der Waals surface area contributed by atoms with Gasteiger partial charge in [0, 0.05) is 37.9 Å². The van der Waals surface area contributed by atoms with Crippen LogP contribution in [0, 0.1) is 34.9 Å². The molecular weight excluding hydrogens is 435 g/mol. The number of anilines is 4. The molecule has 2 fully saturated rings. The largest absolute Gasteiger partial charge is 0.369 e. The normalized spacial score (nSPS) is 25.9. The van der Waals surface area contributed by atoms with E-state index in [0.29, 0.717) is 11.3 Å². The molecule has 9 nitrogen and oxygen atoms in total. The number of rotatable bonds is 6. The summed E-state index contributed by atoms with van der Waals surface area (Å²) in [5.41, 5.74) is 7.69. The predicted molar refractivity (Wildman–Crippen MR) is 127 cm³/mol. The first-order chi connectivity index (χ1) is 16.4. The van der Waals surface area contributed by atoms with Crippen molar-refractivity contribution in [3.8, 4) is 6.07 Å². The highest BCUT2D eigenvalue weighted by Gasteiger charge is 2.47. The highest BCUT2D eigenvalue weighted by Crippen LogP contribution is 2.45. The first kappa shape index (κ1) is 22.1. The number of aromatic nitrogens is 2. The number of halogens is 1. The fourth-order valence-corrected chi connectivity index (χ4v) is 5.25. The number of fused-ring (bicyclic) bond motifs is 2. The third-order valence-corrected chi connectivity index (χ3v) is 7.05. The van der Waals surface area contributed by atoms with Gasteiger partial charge in [-0.25, -0.2) is 9.37 Å². The van der Waals surface area contributed by atoms with E-state index in [1.807, 2.05) is 24.3 Å². The molecule has 1 aromatic heterocycles. The molecule has 34 heavy (non-hydrogen) atoms. The maximum atomic E-state index is 14.5. The van der Waals surface area contributed by atoms with Gasteiger partial charge in [0.25, 0.3) is 0 Å². The van der Waals surface area contributed by atoms with Gasteiger partial charge in [-0.15, -0.1) is 0 Å². The Morgan fingerprint density at radius 1 is 1.24 bits per heavy atom. The van der Waals surface area contributed by atoms with E-state index in [1.54, 1.807) is 6.07 Å². The number of nitrogens with zero attached hydrogens (tertiary/aromatic N) is 5. The Morgan fingerprint density at radius 3 is 2.74 bits per heavy atom. The second kappa shape index (κ2) is 8.91. The summed E-state index contributed by atoms with van der Waals surface area (Å²) in [7, 11) is 2.09. The molecule has 1 saturated heterocycles. The Bertz CT molecular complexity index is 1170. The molecule has 3 aliphatic rings. The zero-order valence-electron chi connectivity index (χ0n) is 18.9. The number of hydrogen-bond donors (Lipinski definition) is 3. The van der Waals surface area contributed by atoms with Crippen molar-refractivity contribution < 1.29 is 9.18 Å². The minimum absolute atomic E-state index is 0.0178. The van der Waals surface area contributed by atoms with Crippen LogP contribution in [-0.4, -0.2) is 60.0 Å². The van der Waals surface area contributed by atoms with E-state index in [1.165, 1.54) is 0 Å². The highest BCUT2D eigenvalue weighted by atomic mass is 19.1. The first-order valence-corrected chi connectivity index (χ1v) is 11.4. The number of carbonyl (C=O) groups excluding carboxylic acids is 1. The summed E-state index contributed by atoms with van der Waals surface area (Å²) < 4.78 is 14.5. The lowest BCUT2D eigenvalue weighted by molar-refractivity contribution is -0.122. The summed E-state index contributed by atoms with van der Waals surface area (Å²) >= 11 is 0. The Balaban J connectivity index is 1.34. The summed E-state index contributed by atoms with van der Waals surface area (Å²) in [6, 6.07) is 7.48. The minimum Gasteiger partial charge on any atom is -0.369 e. The number of primary amides is 1. The van der Waals surface area contributed by atoms with E-state index >= 15 is 0 Å². The average Bonchev–Trinajstić information content (AvgIpc) is 3.44. The molecule has 4 unspecified atom stereocenters. The molecule has 1 aromatic carbocycles. The molecule has 2 heterocycles. The van der Waals surface area contributed by atoms with Gasteiger partial charge in [-0.3, -0.25) is 4.79 Å². The van der Waals surface area contributed by atoms with E-state index < -0.39 is 17.6 Å². The van der Waals surface area contributed by atoms with Crippen molar-refractivity contribution in [1.29, 1.82) is 5.26 Å². The fraction of sp³-hybridized carbons (Fsp3) is 0.417. The zero-order chi connectivity index (χ0) is 23.8. The second-order valence-electron chi connectivity index (χ2n) is 9.20. The monoisotopic (exact) mass is 462 g/mol. The van der Waals surface area contributed by atoms with Gasteiger partial charge in [-0.05, 0) is 43.5 Å². The van der Waals surface area contributed by atoms with Crippen LogP contribution in [0.5, 0.6) is 0 Å². The van der Waals surface area contributed by atoms with Crippen LogP contribution in [0.15, 0.2) is 36.5 Å². The lowest BCUT2D eigenvalue weighted by Crippen LogP contribution is -2.44. The van der Waals surface area contributed by atoms with Gasteiger partial charge < -0.3 is 26.2 Å². The van der Waals surface area contributed by atoms with Crippen LogP contribution < -0.4 is 21.3 Å². The number of likely N-dealkylation sites (N-methyl/N-ethyl adjacent to an activating group) is 1. The third-order valence-electron chi connectivity index (χ3n) is 7.05. The van der Waals surface area contributed by atoms with Crippen LogP contribution in [0.4, 0.5) is 27.5 Å². The quantitative estimate of drug-likeness (QED) is 0.558. The molecule has 2 aliphatic carbocycles. The summed E-state index contributed by atoms with van der Waals surface area (Å²) in [5, 5.41) is 15.9. The SMILES string of the molecule is CN1CCN(c2ccc(Nc3ncc(F)c(NC4C5C=CC(C5)C4C(N)=O)n3)cc2C#N)CC1. The molecule has 10 heteroatoms. The van der Waals surface area contributed by atoms with Crippen molar-refractivity contribution >= 4 is 29.0 Å². The van der Waals surface area contributed by atoms with Gasteiger partial charge >= 0.3 is 0 Å². The van der Waals surface area contributed by atoms with Gasteiger partial charge in [0.2, 0.25) is 11.9 Å². The smallest absolute Gasteiger partial charge is 0.229 e. The standard InChI is InChI=1S/C24H27FN8O/c1-32-6-8-33(9-7-32)19-5-4-17(11-16(19)12-26)29-24-28-13-18(25)23(31-24)30-21-15-3-2-14(10-15)20(21)22(27)34/h2-5,11,13-15,20-21H,6-10H2,1H3,(H2,27,34)(H2,28,29,30,31). The summed E-state index contributed by atoms with van der Waals surface area (Å²) in [6.45, 7) is 3.61. The molecule has 4 atom stereocenters. The fourth-order valence-electron chi connectivity index (χ4n) is 5.25. The molecule has 1 aliphatic heterocycles. The number of amides is 1. The van der Waals surface area contributed by atoms with E-state index in [-0.39, 0.29) is 29.6 Å². The number of piperazine rings is 1. The molecule has 4 N–H and O–H groups in total. The van der Waals surface area contributed by atoms with E-state index in [0.717, 1.165) is 44.5 Å². The van der Waals surface area contributed by atoms with E-state index in [4.69, 9.17) is 5.73 Å². The Kier molecular flexibility index (Phi) is 5.79. The van der Waals surface area contributed by atoms with Gasteiger partial charge in [0.05, 0.1) is 23.4 Å². The molecule has 2 bridgehead atoms. The number of benzene rings is 1. The van der Waals surface area contributed by atoms with E-state index in [2.05, 4.69) is 43.5 Å². The number of hydrogen-bond acceptors (Lipinski definition) is 8. The van der Waals surface area contributed by atoms with Gasteiger partial charge in [0.15, 0.2) is 11.6 Å². The van der Waals surface area contributed by atoms with Gasteiger partial charge in [0.1, 0.15) is 6.07 Å². The molecule has 0 spiro atoms. The maximum absolute atomic E-state index is 14.5. The molecule has 1 saturated carbocycles. The Hall–Kier alpha value is -3.71. The molecular formula is C24H27FN8O. The number of nitrogens with one attached hydrogen (secondary N) is 2. The van der Waals surface area contributed by atoms with E-state index in [9.17, 15) is 14.4 Å². The lowest BCUT2D eigenvalue weighted by atomic mass is 9.88. The van der Waals surface area contributed by atoms with Crippen LogP contribution in [0.3, 0.4) is 0 Å². The second-order valence-corrected chi connectivity index (χ2v) is 9.20. The highest BCUT2D eigenvalue weighted by molar-refractivity contribution is 5.79. The number of nitriles is 1. The summed E-state index contributed by atoms with van der Waals surface area (Å²) in [5.74, 6) is -1.02. The average molecular weight is 463 g/mol. The number of nitrogens with two attached hydrogens (primary N) is 1. The summed E-state index contributed by atoms with van der Waals surface area (Å²) in [6.07, 6.45) is 5.97. The topological polar surface area (TPSA) is 123 Å². The molecule has 1 amide bonds. The van der Waals surface area contributed by atoms with Crippen molar-refractivity contribution in [2.75, 3.05) is 48.8 Å². The van der Waals surface area contributed by atoms with Crippen molar-refractivity contribution in [3.05, 3.63) is 47.9 Å². The lowest BCUT2D eigenvalue weighted by Gasteiger charge is -2.34. The van der Waals surface area contributed by atoms with Crippen molar-refractivity contribution in [1.82, 2.24) is 14.9 Å². The van der Waals surface area contributed by atoms with Crippen LogP contribution >= 0.6 is 0 Å². The van der Waals surface area contributed by atoms with Crippen LogP contribution in [0.2, 0.25) is 0 Å². The summed E-state index contributed by atoms with van der Waals surface area (Å²) in [4.78, 5) is 24.8. The van der Waals surface area contributed by atoms with Crippen molar-refractivity contribution in [2.24, 2.45) is 23.5 Å². The number of carbonyl (C=O) groups is 1. The molecule has 176 valence electrons. The first-order valence-electron chi connectivity index (χ1n) is 11.4. The Morgan fingerprint density at radius 2 is 2.00 bits per heavy atom. The third kappa shape index (κ3) is 4.15.